The van der Waals surface area contributed by atoms with E-state index < -0.39 is 11.7 Å². The summed E-state index contributed by atoms with van der Waals surface area (Å²) in [5.74, 6) is -0.845. The standard InChI is InChI=1S/C22H18FN3O2/c1-28-20-12-19-15(11-17(20)23)16(21(26-19)13-6-3-2-4-7-13)10-14-8-5-9-18(25-14)22(24)27/h2-9,11-12,26H,10H2,1H3,(H2,24,27). The van der Waals surface area contributed by atoms with Gasteiger partial charge in [0.2, 0.25) is 0 Å². The zero-order valence-corrected chi connectivity index (χ0v) is 15.2. The highest BCUT2D eigenvalue weighted by atomic mass is 19.1. The molecular formula is C22H18FN3O2. The molecule has 28 heavy (non-hydrogen) atoms. The fourth-order valence-corrected chi connectivity index (χ4v) is 3.34. The number of nitrogens with zero attached hydrogens (tertiary/aromatic N) is 1. The molecule has 0 spiro atoms. The zero-order valence-electron chi connectivity index (χ0n) is 15.2. The molecule has 0 fully saturated rings. The van der Waals surface area contributed by atoms with Crippen molar-refractivity contribution in [2.75, 3.05) is 7.11 Å². The van der Waals surface area contributed by atoms with E-state index in [1.165, 1.54) is 13.2 Å². The van der Waals surface area contributed by atoms with Crippen LogP contribution in [0.15, 0.2) is 60.7 Å². The van der Waals surface area contributed by atoms with E-state index in [0.717, 1.165) is 27.7 Å². The molecule has 0 radical (unpaired) electrons. The van der Waals surface area contributed by atoms with Crippen LogP contribution in [0, 0.1) is 5.82 Å². The minimum absolute atomic E-state index is 0.175. The first kappa shape index (κ1) is 17.7. The van der Waals surface area contributed by atoms with Gasteiger partial charge in [-0.3, -0.25) is 4.79 Å². The quantitative estimate of drug-likeness (QED) is 0.552. The molecular weight excluding hydrogens is 357 g/mol. The third kappa shape index (κ3) is 3.20. The topological polar surface area (TPSA) is 81.0 Å². The molecule has 0 unspecified atom stereocenters. The van der Waals surface area contributed by atoms with Gasteiger partial charge < -0.3 is 15.5 Å². The first-order valence-electron chi connectivity index (χ1n) is 8.76. The number of H-pyrrole nitrogens is 1. The lowest BCUT2D eigenvalue weighted by Gasteiger charge is -2.07. The summed E-state index contributed by atoms with van der Waals surface area (Å²) in [6.45, 7) is 0. The third-order valence-corrected chi connectivity index (χ3v) is 4.66. The van der Waals surface area contributed by atoms with E-state index >= 15 is 0 Å². The highest BCUT2D eigenvalue weighted by Crippen LogP contribution is 2.35. The molecule has 0 atom stereocenters. The van der Waals surface area contributed by atoms with Crippen LogP contribution in [0.4, 0.5) is 4.39 Å². The summed E-state index contributed by atoms with van der Waals surface area (Å²) < 4.78 is 19.5. The number of methoxy groups -OCH3 is 1. The molecule has 0 bridgehead atoms. The summed E-state index contributed by atoms with van der Waals surface area (Å²) in [7, 11) is 1.44. The zero-order chi connectivity index (χ0) is 19.7. The molecule has 2 heterocycles. The molecule has 6 heteroatoms. The number of pyridine rings is 1. The van der Waals surface area contributed by atoms with Gasteiger partial charge in [-0.1, -0.05) is 36.4 Å². The number of benzene rings is 2. The Morgan fingerprint density at radius 3 is 2.64 bits per heavy atom. The maximum Gasteiger partial charge on any atom is 0.267 e. The van der Waals surface area contributed by atoms with Crippen molar-refractivity contribution in [1.82, 2.24) is 9.97 Å². The van der Waals surface area contributed by atoms with Gasteiger partial charge in [0.1, 0.15) is 5.69 Å². The Labute approximate surface area is 161 Å². The number of halogens is 1. The van der Waals surface area contributed by atoms with Crippen molar-refractivity contribution in [2.45, 2.75) is 6.42 Å². The second-order valence-corrected chi connectivity index (χ2v) is 6.43. The lowest BCUT2D eigenvalue weighted by molar-refractivity contribution is 0.0995. The van der Waals surface area contributed by atoms with E-state index in [1.54, 1.807) is 18.2 Å². The second-order valence-electron chi connectivity index (χ2n) is 6.43. The molecule has 0 aliphatic heterocycles. The number of nitrogens with two attached hydrogens (primary N) is 1. The van der Waals surface area contributed by atoms with Gasteiger partial charge in [-0.25, -0.2) is 9.37 Å². The third-order valence-electron chi connectivity index (χ3n) is 4.66. The van der Waals surface area contributed by atoms with E-state index in [-0.39, 0.29) is 11.4 Å². The van der Waals surface area contributed by atoms with Crippen LogP contribution in [0.5, 0.6) is 5.75 Å². The van der Waals surface area contributed by atoms with Gasteiger partial charge in [0.15, 0.2) is 11.6 Å². The number of primary amides is 1. The number of aromatic nitrogens is 2. The number of nitrogens with one attached hydrogen (secondary N) is 1. The number of fused-ring (bicyclic) bond motifs is 1. The van der Waals surface area contributed by atoms with E-state index in [0.29, 0.717) is 12.1 Å². The van der Waals surface area contributed by atoms with Gasteiger partial charge in [-0.05, 0) is 29.3 Å². The Morgan fingerprint density at radius 1 is 1.14 bits per heavy atom. The van der Waals surface area contributed by atoms with Crippen LogP contribution in [0.2, 0.25) is 0 Å². The highest BCUT2D eigenvalue weighted by Gasteiger charge is 2.17. The summed E-state index contributed by atoms with van der Waals surface area (Å²) in [6.07, 6.45) is 0.414. The Bertz CT molecular complexity index is 1170. The number of amides is 1. The first-order chi connectivity index (χ1) is 13.6. The number of carbonyl (C=O) groups excluding carboxylic acids is 1. The average Bonchev–Trinajstić information content (AvgIpc) is 3.05. The summed E-state index contributed by atoms with van der Waals surface area (Å²) in [4.78, 5) is 19.2. The number of hydrogen-bond donors (Lipinski definition) is 2. The van der Waals surface area contributed by atoms with Crippen LogP contribution >= 0.6 is 0 Å². The van der Waals surface area contributed by atoms with Crippen molar-refractivity contribution >= 4 is 16.8 Å². The summed E-state index contributed by atoms with van der Waals surface area (Å²) >= 11 is 0. The van der Waals surface area contributed by atoms with Crippen molar-refractivity contribution in [3.05, 3.63) is 83.4 Å². The maximum atomic E-state index is 14.4. The van der Waals surface area contributed by atoms with Gasteiger partial charge in [0.05, 0.1) is 18.3 Å². The minimum Gasteiger partial charge on any atom is -0.494 e. The average molecular weight is 375 g/mol. The molecule has 2 aromatic heterocycles. The minimum atomic E-state index is -0.583. The van der Waals surface area contributed by atoms with Crippen LogP contribution in [-0.4, -0.2) is 23.0 Å². The molecule has 0 saturated carbocycles. The van der Waals surface area contributed by atoms with E-state index in [9.17, 15) is 9.18 Å². The molecule has 2 aromatic carbocycles. The number of aromatic amines is 1. The second kappa shape index (κ2) is 7.15. The summed E-state index contributed by atoms with van der Waals surface area (Å²) in [6, 6.07) is 18.0. The Kier molecular flexibility index (Phi) is 4.53. The summed E-state index contributed by atoms with van der Waals surface area (Å²) in [5.41, 5.74) is 9.71. The van der Waals surface area contributed by atoms with Crippen molar-refractivity contribution in [3.63, 3.8) is 0 Å². The Morgan fingerprint density at radius 2 is 1.93 bits per heavy atom. The van der Waals surface area contributed by atoms with Gasteiger partial charge in [-0.15, -0.1) is 0 Å². The molecule has 3 N–H and O–H groups in total. The molecule has 5 nitrogen and oxygen atoms in total. The molecule has 1 amide bonds. The predicted molar refractivity (Wildman–Crippen MR) is 106 cm³/mol. The SMILES string of the molecule is COc1cc2[nH]c(-c3ccccc3)c(Cc3cccc(C(N)=O)n3)c2cc1F. The van der Waals surface area contributed by atoms with Crippen molar-refractivity contribution in [1.29, 1.82) is 0 Å². The smallest absolute Gasteiger partial charge is 0.267 e. The predicted octanol–water partition coefficient (Wildman–Crippen LogP) is 4.07. The number of carbonyl (C=O) groups is 1. The molecule has 0 aliphatic carbocycles. The molecule has 4 aromatic rings. The Hall–Kier alpha value is -3.67. The molecule has 140 valence electrons. The fourth-order valence-electron chi connectivity index (χ4n) is 3.34. The molecule has 0 saturated heterocycles. The fraction of sp³-hybridized carbons (Fsp3) is 0.0909. The largest absolute Gasteiger partial charge is 0.494 e. The normalized spacial score (nSPS) is 10.9. The Balaban J connectivity index is 1.90. The number of rotatable bonds is 5. The van der Waals surface area contributed by atoms with Gasteiger partial charge in [0, 0.05) is 23.6 Å². The van der Waals surface area contributed by atoms with Crippen LogP contribution in [-0.2, 0) is 6.42 Å². The summed E-state index contributed by atoms with van der Waals surface area (Å²) in [5, 5.41) is 0.739. The van der Waals surface area contributed by atoms with Crippen molar-refractivity contribution in [3.8, 4) is 17.0 Å². The number of ether oxygens (including phenoxy) is 1. The van der Waals surface area contributed by atoms with Crippen LogP contribution in [0.25, 0.3) is 22.2 Å². The van der Waals surface area contributed by atoms with Crippen LogP contribution in [0.3, 0.4) is 0 Å². The monoisotopic (exact) mass is 375 g/mol. The van der Waals surface area contributed by atoms with Gasteiger partial charge >= 0.3 is 0 Å². The van der Waals surface area contributed by atoms with Gasteiger partial charge in [-0.2, -0.15) is 0 Å². The highest BCUT2D eigenvalue weighted by molar-refractivity contribution is 5.92. The van der Waals surface area contributed by atoms with Gasteiger partial charge in [0.25, 0.3) is 5.91 Å². The van der Waals surface area contributed by atoms with E-state index in [4.69, 9.17) is 10.5 Å². The lowest BCUT2D eigenvalue weighted by atomic mass is 10.0. The van der Waals surface area contributed by atoms with E-state index in [1.807, 2.05) is 36.4 Å². The van der Waals surface area contributed by atoms with Crippen molar-refractivity contribution < 1.29 is 13.9 Å². The van der Waals surface area contributed by atoms with Crippen molar-refractivity contribution in [2.24, 2.45) is 5.73 Å². The van der Waals surface area contributed by atoms with Crippen LogP contribution in [0.1, 0.15) is 21.7 Å². The molecule has 4 rings (SSSR count). The first-order valence-corrected chi connectivity index (χ1v) is 8.76. The van der Waals surface area contributed by atoms with Crippen LogP contribution < -0.4 is 10.5 Å². The lowest BCUT2D eigenvalue weighted by Crippen LogP contribution is -2.13. The molecule has 0 aliphatic rings. The number of hydrogen-bond acceptors (Lipinski definition) is 3. The maximum absolute atomic E-state index is 14.4. The van der Waals surface area contributed by atoms with E-state index in [2.05, 4.69) is 9.97 Å².